The molecule has 0 heterocycles. The summed E-state index contributed by atoms with van der Waals surface area (Å²) in [6, 6.07) is 8.95. The average Bonchev–Trinajstić information content (AvgIpc) is 2.44. The van der Waals surface area contributed by atoms with Crippen molar-refractivity contribution in [2.24, 2.45) is 5.92 Å². The molecule has 1 aromatic carbocycles. The third-order valence-electron chi connectivity index (χ3n) is 3.88. The molecule has 1 aromatic rings. The third kappa shape index (κ3) is 4.75. The molecule has 1 rings (SSSR count). The van der Waals surface area contributed by atoms with Crippen LogP contribution >= 0.6 is 0 Å². The molecule has 0 aromatic heterocycles. The molecule has 0 radical (unpaired) electrons. The minimum Gasteiger partial charge on any atom is -0.395 e. The maximum absolute atomic E-state index is 9.04. The molecule has 108 valence electrons. The molecule has 2 atom stereocenters. The molecular weight excluding hydrogens is 236 g/mol. The number of likely N-dealkylation sites (N-methyl/N-ethyl adjacent to an activating group) is 1. The van der Waals surface area contributed by atoms with E-state index in [0.29, 0.717) is 18.5 Å². The molecule has 0 aliphatic carbocycles. The van der Waals surface area contributed by atoms with Gasteiger partial charge in [-0.1, -0.05) is 20.3 Å². The number of aliphatic hydroxyl groups is 1. The number of benzene rings is 1. The summed E-state index contributed by atoms with van der Waals surface area (Å²) in [7, 11) is 0. The van der Waals surface area contributed by atoms with Crippen molar-refractivity contribution >= 4 is 11.4 Å². The van der Waals surface area contributed by atoms with Crippen molar-refractivity contribution < 1.29 is 5.11 Å². The van der Waals surface area contributed by atoms with Crippen molar-refractivity contribution in [3.8, 4) is 0 Å². The summed E-state index contributed by atoms with van der Waals surface area (Å²) in [5.74, 6) is 0.668. The first-order valence-electron chi connectivity index (χ1n) is 7.34. The van der Waals surface area contributed by atoms with Gasteiger partial charge in [0.15, 0.2) is 0 Å². The molecule has 0 aliphatic heterocycles. The largest absolute Gasteiger partial charge is 0.395 e. The van der Waals surface area contributed by atoms with Gasteiger partial charge in [-0.05, 0) is 44.0 Å². The second-order valence-electron chi connectivity index (χ2n) is 5.17. The Labute approximate surface area is 117 Å². The minimum absolute atomic E-state index is 0.193. The number of rotatable bonds is 8. The van der Waals surface area contributed by atoms with Gasteiger partial charge in [0.2, 0.25) is 0 Å². The van der Waals surface area contributed by atoms with E-state index in [0.717, 1.165) is 12.2 Å². The van der Waals surface area contributed by atoms with Crippen LogP contribution in [-0.2, 0) is 0 Å². The SMILES string of the molecule is CCC(C)C(C)Nc1ccc(N(CC)CCO)cc1. The molecule has 0 saturated carbocycles. The first-order valence-corrected chi connectivity index (χ1v) is 7.34. The Balaban J connectivity index is 2.65. The van der Waals surface area contributed by atoms with Gasteiger partial charge in [-0.15, -0.1) is 0 Å². The van der Waals surface area contributed by atoms with Crippen LogP contribution in [0.1, 0.15) is 34.1 Å². The smallest absolute Gasteiger partial charge is 0.0606 e. The monoisotopic (exact) mass is 264 g/mol. The van der Waals surface area contributed by atoms with Crippen molar-refractivity contribution in [2.45, 2.75) is 40.2 Å². The summed E-state index contributed by atoms with van der Waals surface area (Å²) in [5.41, 5.74) is 2.33. The molecule has 0 aliphatic rings. The fraction of sp³-hybridized carbons (Fsp3) is 0.625. The molecule has 0 spiro atoms. The van der Waals surface area contributed by atoms with Crippen molar-refractivity contribution in [2.75, 3.05) is 29.9 Å². The quantitative estimate of drug-likeness (QED) is 0.756. The summed E-state index contributed by atoms with van der Waals surface area (Å²) in [6.07, 6.45) is 1.19. The topological polar surface area (TPSA) is 35.5 Å². The molecule has 0 saturated heterocycles. The van der Waals surface area contributed by atoms with Crippen LogP contribution in [0.2, 0.25) is 0 Å². The fourth-order valence-corrected chi connectivity index (χ4v) is 2.12. The van der Waals surface area contributed by atoms with E-state index in [1.54, 1.807) is 0 Å². The van der Waals surface area contributed by atoms with E-state index in [1.165, 1.54) is 12.1 Å². The van der Waals surface area contributed by atoms with Crippen LogP contribution in [0.15, 0.2) is 24.3 Å². The Bertz CT molecular complexity index is 350. The molecule has 3 nitrogen and oxygen atoms in total. The first-order chi connectivity index (χ1) is 9.12. The average molecular weight is 264 g/mol. The van der Waals surface area contributed by atoms with E-state index in [4.69, 9.17) is 5.11 Å². The Morgan fingerprint density at radius 1 is 1.16 bits per heavy atom. The zero-order valence-corrected chi connectivity index (χ0v) is 12.7. The molecule has 2 N–H and O–H groups in total. The van der Waals surface area contributed by atoms with Crippen LogP contribution < -0.4 is 10.2 Å². The second kappa shape index (κ2) is 8.05. The highest BCUT2D eigenvalue weighted by molar-refractivity contribution is 5.55. The molecule has 2 unspecified atom stereocenters. The molecule has 19 heavy (non-hydrogen) atoms. The Morgan fingerprint density at radius 2 is 1.79 bits per heavy atom. The van der Waals surface area contributed by atoms with Gasteiger partial charge in [0.1, 0.15) is 0 Å². The van der Waals surface area contributed by atoms with Crippen LogP contribution in [0.25, 0.3) is 0 Å². The molecule has 0 bridgehead atoms. The van der Waals surface area contributed by atoms with Crippen molar-refractivity contribution in [3.63, 3.8) is 0 Å². The van der Waals surface area contributed by atoms with Crippen LogP contribution in [-0.4, -0.2) is 30.8 Å². The van der Waals surface area contributed by atoms with Crippen molar-refractivity contribution in [1.82, 2.24) is 0 Å². The van der Waals surface area contributed by atoms with Crippen LogP contribution in [0.4, 0.5) is 11.4 Å². The lowest BCUT2D eigenvalue weighted by molar-refractivity contribution is 0.302. The van der Waals surface area contributed by atoms with Crippen LogP contribution in [0.5, 0.6) is 0 Å². The van der Waals surface area contributed by atoms with E-state index < -0.39 is 0 Å². The van der Waals surface area contributed by atoms with Gasteiger partial charge in [0.25, 0.3) is 0 Å². The highest BCUT2D eigenvalue weighted by Gasteiger charge is 2.10. The summed E-state index contributed by atoms with van der Waals surface area (Å²) in [5, 5.41) is 12.6. The molecule has 0 fully saturated rings. The van der Waals surface area contributed by atoms with Gasteiger partial charge < -0.3 is 15.3 Å². The Hall–Kier alpha value is -1.22. The van der Waals surface area contributed by atoms with Gasteiger partial charge in [0.05, 0.1) is 6.61 Å². The number of nitrogens with one attached hydrogen (secondary N) is 1. The normalized spacial score (nSPS) is 13.9. The molecular formula is C16H28N2O. The number of anilines is 2. The van der Waals surface area contributed by atoms with Gasteiger partial charge in [-0.3, -0.25) is 0 Å². The lowest BCUT2D eigenvalue weighted by Crippen LogP contribution is -2.26. The van der Waals surface area contributed by atoms with E-state index in [-0.39, 0.29) is 6.61 Å². The zero-order chi connectivity index (χ0) is 14.3. The van der Waals surface area contributed by atoms with E-state index >= 15 is 0 Å². The molecule has 3 heteroatoms. The third-order valence-corrected chi connectivity index (χ3v) is 3.88. The lowest BCUT2D eigenvalue weighted by Gasteiger charge is -2.24. The second-order valence-corrected chi connectivity index (χ2v) is 5.17. The predicted octanol–water partition coefficient (Wildman–Crippen LogP) is 3.35. The highest BCUT2D eigenvalue weighted by Crippen LogP contribution is 2.20. The standard InChI is InChI=1S/C16H28N2O/c1-5-13(3)14(4)17-15-7-9-16(10-8-15)18(6-2)11-12-19/h7-10,13-14,17,19H,5-6,11-12H2,1-4H3. The summed E-state index contributed by atoms with van der Waals surface area (Å²) < 4.78 is 0. The number of hydrogen-bond donors (Lipinski definition) is 2. The maximum Gasteiger partial charge on any atom is 0.0606 e. The summed E-state index contributed by atoms with van der Waals surface area (Å²) in [6.45, 7) is 10.6. The number of nitrogens with zero attached hydrogens (tertiary/aromatic N) is 1. The lowest BCUT2D eigenvalue weighted by atomic mass is 10.0. The summed E-state index contributed by atoms with van der Waals surface area (Å²) >= 11 is 0. The molecule has 0 amide bonds. The first kappa shape index (κ1) is 15.8. The maximum atomic E-state index is 9.04. The van der Waals surface area contributed by atoms with Gasteiger partial charge in [-0.25, -0.2) is 0 Å². The van der Waals surface area contributed by atoms with Crippen molar-refractivity contribution in [3.05, 3.63) is 24.3 Å². The number of aliphatic hydroxyl groups excluding tert-OH is 1. The minimum atomic E-state index is 0.193. The van der Waals surface area contributed by atoms with E-state index in [1.807, 2.05) is 0 Å². The van der Waals surface area contributed by atoms with Gasteiger partial charge in [0, 0.05) is 30.5 Å². The van der Waals surface area contributed by atoms with Gasteiger partial charge >= 0.3 is 0 Å². The summed E-state index contributed by atoms with van der Waals surface area (Å²) in [4.78, 5) is 2.17. The van der Waals surface area contributed by atoms with Crippen LogP contribution in [0, 0.1) is 5.92 Å². The predicted molar refractivity (Wildman–Crippen MR) is 84.0 cm³/mol. The Morgan fingerprint density at radius 3 is 2.26 bits per heavy atom. The number of hydrogen-bond acceptors (Lipinski definition) is 3. The van der Waals surface area contributed by atoms with Gasteiger partial charge in [-0.2, -0.15) is 0 Å². The zero-order valence-electron chi connectivity index (χ0n) is 12.7. The Kier molecular flexibility index (Phi) is 6.71. The van der Waals surface area contributed by atoms with E-state index in [9.17, 15) is 0 Å². The van der Waals surface area contributed by atoms with E-state index in [2.05, 4.69) is 62.2 Å². The van der Waals surface area contributed by atoms with Crippen molar-refractivity contribution in [1.29, 1.82) is 0 Å². The highest BCUT2D eigenvalue weighted by atomic mass is 16.3. The van der Waals surface area contributed by atoms with Crippen LogP contribution in [0.3, 0.4) is 0 Å². The fourth-order valence-electron chi connectivity index (χ4n) is 2.12.